The first-order valence-corrected chi connectivity index (χ1v) is 6.69. The molecule has 0 spiro atoms. The Balaban J connectivity index is 2.11. The second kappa shape index (κ2) is 5.52. The lowest BCUT2D eigenvalue weighted by Crippen LogP contribution is -2.42. The number of aryl methyl sites for hydroxylation is 1. The van der Waals surface area contributed by atoms with E-state index in [1.54, 1.807) is 6.20 Å². The first-order valence-electron chi connectivity index (χ1n) is 6.69. The third-order valence-electron chi connectivity index (χ3n) is 4.00. The summed E-state index contributed by atoms with van der Waals surface area (Å²) in [7, 11) is 0. The van der Waals surface area contributed by atoms with Crippen molar-refractivity contribution in [3.63, 3.8) is 0 Å². The summed E-state index contributed by atoms with van der Waals surface area (Å²) < 4.78 is 0. The number of anilines is 1. The zero-order chi connectivity index (χ0) is 13.0. The Kier molecular flexibility index (Phi) is 4.01. The Morgan fingerprint density at radius 3 is 2.61 bits per heavy atom. The van der Waals surface area contributed by atoms with Gasteiger partial charge in [0.2, 0.25) is 5.91 Å². The van der Waals surface area contributed by atoms with Crippen molar-refractivity contribution in [3.05, 3.63) is 11.8 Å². The van der Waals surface area contributed by atoms with Crippen LogP contribution < -0.4 is 11.1 Å². The molecular weight excluding hydrogens is 228 g/mol. The number of aromatic amines is 1. The molecule has 1 saturated carbocycles. The van der Waals surface area contributed by atoms with Gasteiger partial charge in [0.1, 0.15) is 5.82 Å². The zero-order valence-electron chi connectivity index (χ0n) is 11.0. The summed E-state index contributed by atoms with van der Waals surface area (Å²) in [5.41, 5.74) is 6.44. The van der Waals surface area contributed by atoms with Crippen molar-refractivity contribution in [1.29, 1.82) is 0 Å². The molecular formula is C13H22N4O. The Bertz CT molecular complexity index is 405. The van der Waals surface area contributed by atoms with Crippen LogP contribution in [0.5, 0.6) is 0 Å². The van der Waals surface area contributed by atoms with E-state index in [1.165, 1.54) is 12.8 Å². The maximum Gasteiger partial charge on any atom is 0.233 e. The van der Waals surface area contributed by atoms with Gasteiger partial charge in [-0.3, -0.25) is 9.89 Å². The average molecular weight is 250 g/mol. The topological polar surface area (TPSA) is 83.8 Å². The van der Waals surface area contributed by atoms with Gasteiger partial charge < -0.3 is 11.1 Å². The molecule has 2 rings (SSSR count). The summed E-state index contributed by atoms with van der Waals surface area (Å²) in [4.78, 5) is 12.5. The van der Waals surface area contributed by atoms with Gasteiger partial charge in [0, 0.05) is 12.1 Å². The summed E-state index contributed by atoms with van der Waals surface area (Å²) in [6.45, 7) is 2.34. The molecule has 0 saturated heterocycles. The maximum atomic E-state index is 12.5. The van der Waals surface area contributed by atoms with E-state index in [1.807, 2.05) is 6.92 Å². The minimum atomic E-state index is -0.395. The number of amides is 1. The number of H-pyrrole nitrogens is 1. The molecule has 18 heavy (non-hydrogen) atoms. The maximum absolute atomic E-state index is 12.5. The molecule has 0 atom stereocenters. The molecule has 1 aromatic rings. The van der Waals surface area contributed by atoms with E-state index in [4.69, 9.17) is 5.73 Å². The first kappa shape index (κ1) is 13.1. The lowest BCUT2D eigenvalue weighted by molar-refractivity contribution is -0.125. The number of nitrogens with zero attached hydrogens (tertiary/aromatic N) is 1. The van der Waals surface area contributed by atoms with Crippen LogP contribution in [0.4, 0.5) is 5.82 Å². The van der Waals surface area contributed by atoms with E-state index in [0.29, 0.717) is 12.4 Å². The molecule has 0 bridgehead atoms. The molecule has 1 aliphatic rings. The molecule has 1 aliphatic carbocycles. The number of aromatic nitrogens is 2. The van der Waals surface area contributed by atoms with Crippen molar-refractivity contribution < 1.29 is 4.79 Å². The SMILES string of the molecule is Cc1cn[nH]c1NC(=O)C1(CN)CCCCCC1. The normalized spacial score (nSPS) is 19.2. The summed E-state index contributed by atoms with van der Waals surface area (Å²) in [6, 6.07) is 0. The molecule has 100 valence electrons. The van der Waals surface area contributed by atoms with Crippen molar-refractivity contribution in [2.45, 2.75) is 45.4 Å². The predicted molar refractivity (Wildman–Crippen MR) is 71.1 cm³/mol. The summed E-state index contributed by atoms with van der Waals surface area (Å²) in [6.07, 6.45) is 8.08. The van der Waals surface area contributed by atoms with E-state index in [2.05, 4.69) is 15.5 Å². The van der Waals surface area contributed by atoms with Crippen LogP contribution in [0.25, 0.3) is 0 Å². The van der Waals surface area contributed by atoms with Gasteiger partial charge in [0.05, 0.1) is 11.6 Å². The summed E-state index contributed by atoms with van der Waals surface area (Å²) in [5, 5.41) is 9.67. The van der Waals surface area contributed by atoms with Crippen LogP contribution >= 0.6 is 0 Å². The van der Waals surface area contributed by atoms with Gasteiger partial charge in [-0.25, -0.2) is 0 Å². The quantitative estimate of drug-likeness (QED) is 0.717. The van der Waals surface area contributed by atoms with Gasteiger partial charge in [-0.05, 0) is 19.8 Å². The van der Waals surface area contributed by atoms with Gasteiger partial charge in [-0.1, -0.05) is 25.7 Å². The average Bonchev–Trinajstić information content (AvgIpc) is 2.66. The minimum absolute atomic E-state index is 0.0410. The molecule has 1 amide bonds. The van der Waals surface area contributed by atoms with Crippen LogP contribution in [-0.4, -0.2) is 22.6 Å². The van der Waals surface area contributed by atoms with Gasteiger partial charge in [-0.15, -0.1) is 0 Å². The van der Waals surface area contributed by atoms with E-state index >= 15 is 0 Å². The van der Waals surface area contributed by atoms with E-state index in [-0.39, 0.29) is 5.91 Å². The Labute approximate surface area is 108 Å². The minimum Gasteiger partial charge on any atom is -0.329 e. The van der Waals surface area contributed by atoms with Crippen LogP contribution in [-0.2, 0) is 4.79 Å². The fourth-order valence-corrected chi connectivity index (χ4v) is 2.65. The molecule has 0 unspecified atom stereocenters. The number of hydrogen-bond donors (Lipinski definition) is 3. The van der Waals surface area contributed by atoms with E-state index in [9.17, 15) is 4.79 Å². The van der Waals surface area contributed by atoms with E-state index in [0.717, 1.165) is 31.2 Å². The molecule has 0 aliphatic heterocycles. The number of carbonyl (C=O) groups excluding carboxylic acids is 1. The fraction of sp³-hybridized carbons (Fsp3) is 0.692. The van der Waals surface area contributed by atoms with Crippen LogP contribution in [0.15, 0.2) is 6.20 Å². The third-order valence-corrected chi connectivity index (χ3v) is 4.00. The van der Waals surface area contributed by atoms with Crippen LogP contribution in [0.3, 0.4) is 0 Å². The molecule has 1 fully saturated rings. The molecule has 1 heterocycles. The smallest absolute Gasteiger partial charge is 0.233 e. The largest absolute Gasteiger partial charge is 0.329 e. The number of carbonyl (C=O) groups is 1. The number of nitrogens with two attached hydrogens (primary N) is 1. The molecule has 5 heteroatoms. The second-order valence-corrected chi connectivity index (χ2v) is 5.28. The van der Waals surface area contributed by atoms with Crippen LogP contribution in [0.1, 0.15) is 44.1 Å². The monoisotopic (exact) mass is 250 g/mol. The Morgan fingerprint density at radius 1 is 1.44 bits per heavy atom. The van der Waals surface area contributed by atoms with Gasteiger partial charge >= 0.3 is 0 Å². The lowest BCUT2D eigenvalue weighted by atomic mass is 9.79. The summed E-state index contributed by atoms with van der Waals surface area (Å²) >= 11 is 0. The molecule has 1 aromatic heterocycles. The number of nitrogens with one attached hydrogen (secondary N) is 2. The molecule has 4 N–H and O–H groups in total. The highest BCUT2D eigenvalue weighted by molar-refractivity contribution is 5.95. The van der Waals surface area contributed by atoms with Gasteiger partial charge in [-0.2, -0.15) is 5.10 Å². The van der Waals surface area contributed by atoms with Crippen molar-refractivity contribution in [1.82, 2.24) is 10.2 Å². The van der Waals surface area contributed by atoms with E-state index < -0.39 is 5.41 Å². The van der Waals surface area contributed by atoms with Crippen molar-refractivity contribution in [3.8, 4) is 0 Å². The van der Waals surface area contributed by atoms with Gasteiger partial charge in [0.25, 0.3) is 0 Å². The van der Waals surface area contributed by atoms with Gasteiger partial charge in [0.15, 0.2) is 0 Å². The highest BCUT2D eigenvalue weighted by Gasteiger charge is 2.37. The predicted octanol–water partition coefficient (Wildman–Crippen LogP) is 1.96. The molecule has 0 aromatic carbocycles. The summed E-state index contributed by atoms with van der Waals surface area (Å²) in [5.74, 6) is 0.733. The standard InChI is InChI=1S/C13H22N4O/c1-10-8-15-17-11(10)16-12(18)13(9-14)6-4-2-3-5-7-13/h8H,2-7,9,14H2,1H3,(H2,15,16,17,18). The Hall–Kier alpha value is -1.36. The molecule has 0 radical (unpaired) electrons. The van der Waals surface area contributed by atoms with Crippen molar-refractivity contribution in [2.75, 3.05) is 11.9 Å². The third kappa shape index (κ3) is 2.56. The first-order chi connectivity index (χ1) is 8.68. The highest BCUT2D eigenvalue weighted by atomic mass is 16.2. The van der Waals surface area contributed by atoms with Crippen molar-refractivity contribution in [2.24, 2.45) is 11.1 Å². The Morgan fingerprint density at radius 2 is 2.11 bits per heavy atom. The van der Waals surface area contributed by atoms with Crippen LogP contribution in [0.2, 0.25) is 0 Å². The molecule has 5 nitrogen and oxygen atoms in total. The lowest BCUT2D eigenvalue weighted by Gasteiger charge is -2.29. The second-order valence-electron chi connectivity index (χ2n) is 5.28. The zero-order valence-corrected chi connectivity index (χ0v) is 11.0. The number of hydrogen-bond acceptors (Lipinski definition) is 3. The fourth-order valence-electron chi connectivity index (χ4n) is 2.65. The van der Waals surface area contributed by atoms with Crippen molar-refractivity contribution >= 4 is 11.7 Å². The highest BCUT2D eigenvalue weighted by Crippen LogP contribution is 2.35. The number of rotatable bonds is 3. The van der Waals surface area contributed by atoms with Crippen LogP contribution in [0, 0.1) is 12.3 Å².